The van der Waals surface area contributed by atoms with Gasteiger partial charge in [-0.1, -0.05) is 19.8 Å². The van der Waals surface area contributed by atoms with Crippen LogP contribution in [0.1, 0.15) is 39.0 Å². The van der Waals surface area contributed by atoms with Gasteiger partial charge >= 0.3 is 12.0 Å². The number of nitrogens with one attached hydrogen (secondary N) is 1. The predicted molar refractivity (Wildman–Crippen MR) is 98.1 cm³/mol. The molecule has 152 valence electrons. The number of hydrogen-bond donors (Lipinski definition) is 1. The lowest BCUT2D eigenvalue weighted by Crippen LogP contribution is -2.54. The van der Waals surface area contributed by atoms with Crippen molar-refractivity contribution < 1.29 is 28.2 Å². The third kappa shape index (κ3) is 4.26. The first-order chi connectivity index (χ1) is 13.4. The van der Waals surface area contributed by atoms with Crippen LogP contribution in [0.15, 0.2) is 24.3 Å². The van der Waals surface area contributed by atoms with E-state index >= 15 is 0 Å². The van der Waals surface area contributed by atoms with Crippen molar-refractivity contribution in [2.45, 2.75) is 44.6 Å². The molecule has 0 aromatic heterocycles. The number of carbonyl (C=O) groups is 3. The standard InChI is InChI=1S/C20H25FN2O5/c1-14-5-2-3-10-20(14)18(25)23(19(26)22-20)13-17(24)28-12-4-11-27-16-8-6-15(21)7-9-16/h6-9,14H,2-5,10-13H2,1H3,(H,22,26)/t14-,20-/m1/s1. The van der Waals surface area contributed by atoms with E-state index in [0.29, 0.717) is 25.2 Å². The molecule has 8 heteroatoms. The Morgan fingerprint density at radius 1 is 1.25 bits per heavy atom. The zero-order valence-electron chi connectivity index (χ0n) is 15.9. The smallest absolute Gasteiger partial charge is 0.326 e. The highest BCUT2D eigenvalue weighted by atomic mass is 19.1. The summed E-state index contributed by atoms with van der Waals surface area (Å²) < 4.78 is 23.3. The highest BCUT2D eigenvalue weighted by molar-refractivity contribution is 6.08. The highest BCUT2D eigenvalue weighted by Crippen LogP contribution is 2.38. The summed E-state index contributed by atoms with van der Waals surface area (Å²) in [7, 11) is 0. The Morgan fingerprint density at radius 3 is 2.71 bits per heavy atom. The maximum absolute atomic E-state index is 12.8. The Kier molecular flexibility index (Phi) is 6.16. The fourth-order valence-electron chi connectivity index (χ4n) is 3.78. The Labute approximate surface area is 163 Å². The van der Waals surface area contributed by atoms with Crippen molar-refractivity contribution in [1.82, 2.24) is 10.2 Å². The number of urea groups is 1. The van der Waals surface area contributed by atoms with Crippen LogP contribution in [-0.4, -0.2) is 48.1 Å². The summed E-state index contributed by atoms with van der Waals surface area (Å²) in [5.74, 6) is -0.737. The van der Waals surface area contributed by atoms with Gasteiger partial charge in [0.2, 0.25) is 0 Å². The van der Waals surface area contributed by atoms with Gasteiger partial charge in [0.05, 0.1) is 13.2 Å². The van der Waals surface area contributed by atoms with Gasteiger partial charge in [-0.15, -0.1) is 0 Å². The zero-order valence-corrected chi connectivity index (χ0v) is 15.9. The molecule has 1 N–H and O–H groups in total. The van der Waals surface area contributed by atoms with Gasteiger partial charge < -0.3 is 14.8 Å². The van der Waals surface area contributed by atoms with E-state index in [9.17, 15) is 18.8 Å². The largest absolute Gasteiger partial charge is 0.493 e. The lowest BCUT2D eigenvalue weighted by molar-refractivity contribution is -0.148. The van der Waals surface area contributed by atoms with Crippen molar-refractivity contribution >= 4 is 17.9 Å². The van der Waals surface area contributed by atoms with Gasteiger partial charge in [-0.3, -0.25) is 14.5 Å². The van der Waals surface area contributed by atoms with Crippen molar-refractivity contribution in [3.05, 3.63) is 30.1 Å². The summed E-state index contributed by atoms with van der Waals surface area (Å²) in [5.41, 5.74) is -0.876. The second kappa shape index (κ2) is 8.58. The summed E-state index contributed by atoms with van der Waals surface area (Å²) in [5, 5.41) is 2.81. The first kappa shape index (κ1) is 20.1. The number of ether oxygens (including phenoxy) is 2. The molecule has 0 bridgehead atoms. The lowest BCUT2D eigenvalue weighted by Gasteiger charge is -2.36. The van der Waals surface area contributed by atoms with E-state index in [4.69, 9.17) is 9.47 Å². The van der Waals surface area contributed by atoms with Gasteiger partial charge in [-0.25, -0.2) is 9.18 Å². The normalized spacial score (nSPS) is 24.4. The third-order valence-corrected chi connectivity index (χ3v) is 5.42. The summed E-state index contributed by atoms with van der Waals surface area (Å²) >= 11 is 0. The Morgan fingerprint density at radius 2 is 2.00 bits per heavy atom. The molecule has 7 nitrogen and oxygen atoms in total. The fourth-order valence-corrected chi connectivity index (χ4v) is 3.78. The molecule has 0 unspecified atom stereocenters. The van der Waals surface area contributed by atoms with E-state index in [1.165, 1.54) is 24.3 Å². The number of esters is 1. The summed E-state index contributed by atoms with van der Waals surface area (Å²) in [6, 6.07) is 5.10. The van der Waals surface area contributed by atoms with Crippen LogP contribution in [0.5, 0.6) is 5.75 Å². The van der Waals surface area contributed by atoms with Crippen LogP contribution in [-0.2, 0) is 14.3 Å². The lowest BCUT2D eigenvalue weighted by atomic mass is 9.73. The summed E-state index contributed by atoms with van der Waals surface area (Å²) in [6.45, 7) is 1.96. The average molecular weight is 392 g/mol. The number of halogens is 1. The minimum absolute atomic E-state index is 0.0438. The molecule has 3 rings (SSSR count). The maximum atomic E-state index is 12.8. The van der Waals surface area contributed by atoms with Crippen molar-refractivity contribution in [1.29, 1.82) is 0 Å². The van der Waals surface area contributed by atoms with Crippen LogP contribution in [0.25, 0.3) is 0 Å². The molecule has 0 radical (unpaired) electrons. The van der Waals surface area contributed by atoms with Crippen LogP contribution < -0.4 is 10.1 Å². The topological polar surface area (TPSA) is 84.9 Å². The summed E-state index contributed by atoms with van der Waals surface area (Å²) in [6.07, 6.45) is 3.82. The van der Waals surface area contributed by atoms with Crippen LogP contribution in [0.3, 0.4) is 0 Å². The zero-order chi connectivity index (χ0) is 20.1. The van der Waals surface area contributed by atoms with Crippen molar-refractivity contribution in [2.75, 3.05) is 19.8 Å². The van der Waals surface area contributed by atoms with E-state index in [0.717, 1.165) is 24.2 Å². The number of carbonyl (C=O) groups excluding carboxylic acids is 3. The molecule has 1 aliphatic carbocycles. The fraction of sp³-hybridized carbons (Fsp3) is 0.550. The Hall–Kier alpha value is -2.64. The second-order valence-corrected chi connectivity index (χ2v) is 7.32. The minimum atomic E-state index is -0.876. The first-order valence-corrected chi connectivity index (χ1v) is 9.60. The van der Waals surface area contributed by atoms with Crippen molar-refractivity contribution in [2.24, 2.45) is 5.92 Å². The highest BCUT2D eigenvalue weighted by Gasteiger charge is 2.55. The van der Waals surface area contributed by atoms with E-state index in [-0.39, 0.29) is 24.2 Å². The molecule has 2 fully saturated rings. The van der Waals surface area contributed by atoms with Gasteiger partial charge in [0, 0.05) is 6.42 Å². The van der Waals surface area contributed by atoms with E-state index in [1.807, 2.05) is 6.92 Å². The Balaban J connectivity index is 1.41. The first-order valence-electron chi connectivity index (χ1n) is 9.60. The quantitative estimate of drug-likeness (QED) is 0.438. The monoisotopic (exact) mass is 392 g/mol. The maximum Gasteiger partial charge on any atom is 0.326 e. The predicted octanol–water partition coefficient (Wildman–Crippen LogP) is 2.64. The molecule has 2 aliphatic rings. The van der Waals surface area contributed by atoms with Gasteiger partial charge in [-0.05, 0) is 43.0 Å². The number of hydrogen-bond acceptors (Lipinski definition) is 5. The number of nitrogens with zero attached hydrogens (tertiary/aromatic N) is 1. The molecular weight excluding hydrogens is 367 g/mol. The van der Waals surface area contributed by atoms with Gasteiger partial charge in [-0.2, -0.15) is 0 Å². The number of imide groups is 1. The molecule has 1 aromatic rings. The van der Waals surface area contributed by atoms with Crippen molar-refractivity contribution in [3.8, 4) is 5.75 Å². The van der Waals surface area contributed by atoms with Gasteiger partial charge in [0.15, 0.2) is 0 Å². The number of benzene rings is 1. The van der Waals surface area contributed by atoms with Crippen molar-refractivity contribution in [3.63, 3.8) is 0 Å². The van der Waals surface area contributed by atoms with Crippen LogP contribution in [0.4, 0.5) is 9.18 Å². The molecule has 1 aromatic carbocycles. The molecule has 3 amide bonds. The van der Waals surface area contributed by atoms with Gasteiger partial charge in [0.25, 0.3) is 5.91 Å². The molecule has 1 saturated heterocycles. The molecule has 1 spiro atoms. The summed E-state index contributed by atoms with van der Waals surface area (Å²) in [4.78, 5) is 38.0. The van der Waals surface area contributed by atoms with E-state index in [2.05, 4.69) is 5.32 Å². The number of amides is 3. The molecule has 2 atom stereocenters. The second-order valence-electron chi connectivity index (χ2n) is 7.32. The molecule has 28 heavy (non-hydrogen) atoms. The Bertz CT molecular complexity index is 739. The molecule has 1 aliphatic heterocycles. The molecule has 1 saturated carbocycles. The van der Waals surface area contributed by atoms with E-state index in [1.54, 1.807) is 0 Å². The van der Waals surface area contributed by atoms with E-state index < -0.39 is 24.1 Å². The number of rotatable bonds is 7. The van der Waals surface area contributed by atoms with Gasteiger partial charge in [0.1, 0.15) is 23.7 Å². The third-order valence-electron chi connectivity index (χ3n) is 5.42. The average Bonchev–Trinajstić information content (AvgIpc) is 2.90. The molecular formula is C20H25FN2O5. The SMILES string of the molecule is C[C@@H]1CCCC[C@@]12NC(=O)N(CC(=O)OCCCOc1ccc(F)cc1)C2=O. The minimum Gasteiger partial charge on any atom is -0.493 e. The van der Waals surface area contributed by atoms with Crippen LogP contribution in [0, 0.1) is 11.7 Å². The van der Waals surface area contributed by atoms with Crippen LogP contribution in [0.2, 0.25) is 0 Å². The van der Waals surface area contributed by atoms with Crippen LogP contribution >= 0.6 is 0 Å². The molecule has 1 heterocycles.